The van der Waals surface area contributed by atoms with E-state index in [1.165, 1.54) is 62.7 Å². The number of fused-ring (bicyclic) bond motifs is 1. The van der Waals surface area contributed by atoms with E-state index in [1.807, 2.05) is 43.3 Å². The second-order valence-corrected chi connectivity index (χ2v) is 9.19. The fourth-order valence-corrected chi connectivity index (χ4v) is 4.56. The van der Waals surface area contributed by atoms with Gasteiger partial charge in [0.2, 0.25) is 10.3 Å². The molecule has 0 unspecified atom stereocenters. The third kappa shape index (κ3) is 7.70. The number of nitrogens with one attached hydrogen (secondary N) is 2. The molecule has 0 radical (unpaired) electrons. The van der Waals surface area contributed by atoms with Gasteiger partial charge in [-0.25, -0.2) is 0 Å². The summed E-state index contributed by atoms with van der Waals surface area (Å²) < 4.78 is 5.72. The highest BCUT2D eigenvalue weighted by Gasteiger charge is 2.18. The summed E-state index contributed by atoms with van der Waals surface area (Å²) in [7, 11) is 0. The first-order chi connectivity index (χ1) is 16.2. The third-order valence-electron chi connectivity index (χ3n) is 5.62. The van der Waals surface area contributed by atoms with Crippen molar-refractivity contribution in [3.05, 3.63) is 42.0 Å². The molecule has 0 fully saturated rings. The fraction of sp³-hybridized carbons (Fsp3) is 0.500. The van der Waals surface area contributed by atoms with Gasteiger partial charge in [0.05, 0.1) is 12.2 Å². The number of hydrogen-bond donors (Lipinski definition) is 2. The molecular formula is C26H36N4O2S. The summed E-state index contributed by atoms with van der Waals surface area (Å²) in [4.78, 5) is 13.1. The molecule has 178 valence electrons. The maximum absolute atomic E-state index is 13.1. The molecule has 33 heavy (non-hydrogen) atoms. The van der Waals surface area contributed by atoms with E-state index in [1.54, 1.807) is 0 Å². The number of ether oxygens (including phenoxy) is 1. The van der Waals surface area contributed by atoms with Crippen LogP contribution in [0.4, 0.5) is 10.3 Å². The van der Waals surface area contributed by atoms with Crippen molar-refractivity contribution in [2.24, 2.45) is 0 Å². The summed E-state index contributed by atoms with van der Waals surface area (Å²) >= 11 is 1.35. The average Bonchev–Trinajstić information content (AvgIpc) is 3.27. The lowest BCUT2D eigenvalue weighted by Gasteiger charge is -2.12. The molecule has 3 rings (SSSR count). The molecule has 0 spiro atoms. The van der Waals surface area contributed by atoms with Gasteiger partial charge >= 0.3 is 0 Å². The van der Waals surface area contributed by atoms with Crippen LogP contribution in [0.5, 0.6) is 5.75 Å². The fourth-order valence-electron chi connectivity index (χ4n) is 3.90. The molecule has 2 aromatic carbocycles. The number of unbranched alkanes of at least 4 members (excludes halogenated alkanes) is 8. The van der Waals surface area contributed by atoms with Gasteiger partial charge in [-0.3, -0.25) is 10.1 Å². The highest BCUT2D eigenvalue weighted by atomic mass is 32.1. The van der Waals surface area contributed by atoms with E-state index in [0.717, 1.165) is 28.9 Å². The topological polar surface area (TPSA) is 76.1 Å². The van der Waals surface area contributed by atoms with E-state index in [2.05, 4.69) is 27.8 Å². The van der Waals surface area contributed by atoms with Crippen molar-refractivity contribution in [1.29, 1.82) is 0 Å². The maximum atomic E-state index is 13.1. The van der Waals surface area contributed by atoms with Gasteiger partial charge in [0.1, 0.15) is 5.75 Å². The first kappa shape index (κ1) is 25.0. The number of hydrogen-bond acceptors (Lipinski definition) is 6. The minimum absolute atomic E-state index is 0.239. The van der Waals surface area contributed by atoms with Crippen molar-refractivity contribution < 1.29 is 9.53 Å². The van der Waals surface area contributed by atoms with Gasteiger partial charge in [-0.15, -0.1) is 10.2 Å². The highest BCUT2D eigenvalue weighted by molar-refractivity contribution is 7.19. The van der Waals surface area contributed by atoms with E-state index < -0.39 is 0 Å². The zero-order valence-corrected chi connectivity index (χ0v) is 20.7. The van der Waals surface area contributed by atoms with E-state index in [-0.39, 0.29) is 5.91 Å². The molecule has 1 amide bonds. The lowest BCUT2D eigenvalue weighted by molar-refractivity contribution is 0.102. The number of aromatic nitrogens is 2. The predicted octanol–water partition coefficient (Wildman–Crippen LogP) is 7.29. The molecule has 0 saturated carbocycles. The number of carbonyl (C=O) groups is 1. The first-order valence-electron chi connectivity index (χ1n) is 12.3. The summed E-state index contributed by atoms with van der Waals surface area (Å²) in [5.74, 6) is 0.332. The van der Waals surface area contributed by atoms with Crippen LogP contribution in [0.2, 0.25) is 0 Å². The molecule has 6 nitrogen and oxygen atoms in total. The van der Waals surface area contributed by atoms with Gasteiger partial charge in [-0.05, 0) is 30.2 Å². The molecule has 0 bridgehead atoms. The zero-order valence-electron chi connectivity index (χ0n) is 19.9. The van der Waals surface area contributed by atoms with Crippen molar-refractivity contribution in [2.45, 2.75) is 71.6 Å². The van der Waals surface area contributed by atoms with E-state index in [9.17, 15) is 4.79 Å². The van der Waals surface area contributed by atoms with Crippen LogP contribution in [-0.4, -0.2) is 29.3 Å². The van der Waals surface area contributed by atoms with Crippen LogP contribution in [-0.2, 0) is 0 Å². The number of nitrogens with zero attached hydrogens (tertiary/aromatic N) is 2. The monoisotopic (exact) mass is 468 g/mol. The van der Waals surface area contributed by atoms with E-state index >= 15 is 0 Å². The number of benzene rings is 2. The SMILES string of the molecule is CCCCCCCCCCCNc1nnc(NC(=O)c2c(OCC)ccc3ccccc23)s1. The van der Waals surface area contributed by atoms with Crippen LogP contribution in [0.1, 0.15) is 82.0 Å². The van der Waals surface area contributed by atoms with E-state index in [0.29, 0.717) is 23.1 Å². The van der Waals surface area contributed by atoms with Crippen molar-refractivity contribution >= 4 is 38.3 Å². The summed E-state index contributed by atoms with van der Waals surface area (Å²) in [5, 5.41) is 17.6. The molecule has 3 aromatic rings. The lowest BCUT2D eigenvalue weighted by atomic mass is 10.0. The van der Waals surface area contributed by atoms with Crippen LogP contribution in [0.3, 0.4) is 0 Å². The maximum Gasteiger partial charge on any atom is 0.261 e. The molecule has 7 heteroatoms. The number of amides is 1. The summed E-state index contributed by atoms with van der Waals surface area (Å²) in [5.41, 5.74) is 0.523. The van der Waals surface area contributed by atoms with Crippen LogP contribution >= 0.6 is 11.3 Å². The predicted molar refractivity (Wildman–Crippen MR) is 139 cm³/mol. The van der Waals surface area contributed by atoms with Gasteiger partial charge < -0.3 is 10.1 Å². The molecule has 1 heterocycles. The molecule has 0 aliphatic carbocycles. The van der Waals surface area contributed by atoms with Crippen molar-refractivity contribution in [3.8, 4) is 5.75 Å². The van der Waals surface area contributed by atoms with Gasteiger partial charge in [-0.2, -0.15) is 0 Å². The minimum Gasteiger partial charge on any atom is -0.493 e. The Hall–Kier alpha value is -2.67. The van der Waals surface area contributed by atoms with Crippen molar-refractivity contribution in [1.82, 2.24) is 10.2 Å². The number of carbonyl (C=O) groups excluding carboxylic acids is 1. The third-order valence-corrected chi connectivity index (χ3v) is 6.42. The van der Waals surface area contributed by atoms with Crippen LogP contribution in [0, 0.1) is 0 Å². The lowest BCUT2D eigenvalue weighted by Crippen LogP contribution is -2.14. The normalized spacial score (nSPS) is 11.0. The smallest absolute Gasteiger partial charge is 0.261 e. The molecule has 1 aromatic heterocycles. The van der Waals surface area contributed by atoms with Crippen LogP contribution in [0.25, 0.3) is 10.8 Å². The standard InChI is InChI=1S/C26H36N4O2S/c1-3-5-6-7-8-9-10-11-14-19-27-25-29-30-26(33-25)28-24(31)23-21-16-13-12-15-20(21)17-18-22(23)32-4-2/h12-13,15-18H,3-11,14,19H2,1-2H3,(H,27,29)(H,28,30,31). The Balaban J connectivity index is 1.47. The molecule has 0 saturated heterocycles. The van der Waals surface area contributed by atoms with Gasteiger partial charge in [0, 0.05) is 6.54 Å². The Morgan fingerprint density at radius 1 is 0.879 bits per heavy atom. The second kappa shape index (κ2) is 13.8. The molecule has 0 atom stereocenters. The van der Waals surface area contributed by atoms with Crippen LogP contribution < -0.4 is 15.4 Å². The Kier molecular flexibility index (Phi) is 10.4. The first-order valence-corrected chi connectivity index (χ1v) is 13.1. The summed E-state index contributed by atoms with van der Waals surface area (Å²) in [6.07, 6.45) is 11.7. The van der Waals surface area contributed by atoms with Gasteiger partial charge in [0.25, 0.3) is 5.91 Å². The van der Waals surface area contributed by atoms with Crippen molar-refractivity contribution in [2.75, 3.05) is 23.8 Å². The molecule has 2 N–H and O–H groups in total. The summed E-state index contributed by atoms with van der Waals surface area (Å²) in [6, 6.07) is 11.6. The Labute approximate surface area is 201 Å². The Bertz CT molecular complexity index is 1000. The summed E-state index contributed by atoms with van der Waals surface area (Å²) in [6.45, 7) is 5.53. The molecule has 0 aliphatic heterocycles. The Morgan fingerprint density at radius 3 is 2.33 bits per heavy atom. The highest BCUT2D eigenvalue weighted by Crippen LogP contribution is 2.30. The number of rotatable bonds is 15. The quantitative estimate of drug-likeness (QED) is 0.229. The zero-order chi connectivity index (χ0) is 23.3. The van der Waals surface area contributed by atoms with Gasteiger partial charge in [-0.1, -0.05) is 100.0 Å². The minimum atomic E-state index is -0.239. The largest absolute Gasteiger partial charge is 0.493 e. The second-order valence-electron chi connectivity index (χ2n) is 8.21. The number of anilines is 2. The average molecular weight is 469 g/mol. The van der Waals surface area contributed by atoms with Crippen molar-refractivity contribution in [3.63, 3.8) is 0 Å². The molecular weight excluding hydrogens is 432 g/mol. The molecule has 0 aliphatic rings. The van der Waals surface area contributed by atoms with Gasteiger partial charge in [0.15, 0.2) is 0 Å². The van der Waals surface area contributed by atoms with Crippen LogP contribution in [0.15, 0.2) is 36.4 Å². The van der Waals surface area contributed by atoms with E-state index in [4.69, 9.17) is 4.74 Å². The Morgan fingerprint density at radius 2 is 1.58 bits per heavy atom.